The van der Waals surface area contributed by atoms with Gasteiger partial charge in [-0.2, -0.15) is 0 Å². The first-order chi connectivity index (χ1) is 11.0. The highest BCUT2D eigenvalue weighted by Crippen LogP contribution is 2.33. The number of amides is 2. The van der Waals surface area contributed by atoms with E-state index < -0.39 is 6.10 Å². The van der Waals surface area contributed by atoms with E-state index in [4.69, 9.17) is 4.74 Å². The van der Waals surface area contributed by atoms with Crippen molar-refractivity contribution in [2.24, 2.45) is 0 Å². The van der Waals surface area contributed by atoms with E-state index in [1.54, 1.807) is 11.0 Å². The number of aryl methyl sites for hydroxylation is 1. The fraction of sp³-hybridized carbons (Fsp3) is 0.222. The number of hydrogen-bond acceptors (Lipinski definition) is 3. The van der Waals surface area contributed by atoms with Crippen molar-refractivity contribution in [1.82, 2.24) is 0 Å². The Morgan fingerprint density at radius 2 is 1.96 bits per heavy atom. The van der Waals surface area contributed by atoms with Gasteiger partial charge in [0.15, 0.2) is 6.10 Å². The van der Waals surface area contributed by atoms with Gasteiger partial charge in [0.25, 0.3) is 5.91 Å². The molecule has 0 bridgehead atoms. The number of ether oxygens (including phenoxy) is 1. The largest absolute Gasteiger partial charge is 0.476 e. The van der Waals surface area contributed by atoms with Crippen LogP contribution in [0.25, 0.3) is 0 Å². The molecule has 5 nitrogen and oxygen atoms in total. The average Bonchev–Trinajstić information content (AvgIpc) is 2.53. The minimum atomic E-state index is -0.741. The molecule has 0 aromatic heterocycles. The van der Waals surface area contributed by atoms with E-state index in [0.717, 1.165) is 5.56 Å². The molecule has 1 N–H and O–H groups in total. The number of carbonyl (C=O) groups is 2. The summed E-state index contributed by atoms with van der Waals surface area (Å²) in [6, 6.07) is 14.8. The topological polar surface area (TPSA) is 58.6 Å². The van der Waals surface area contributed by atoms with Gasteiger partial charge in [0, 0.05) is 12.6 Å². The molecule has 1 aliphatic rings. The fourth-order valence-electron chi connectivity index (χ4n) is 2.61. The smallest absolute Gasteiger partial charge is 0.267 e. The summed E-state index contributed by atoms with van der Waals surface area (Å²) in [6.07, 6.45) is -0.741. The van der Waals surface area contributed by atoms with Crippen LogP contribution in [0.15, 0.2) is 48.5 Å². The van der Waals surface area contributed by atoms with E-state index in [-0.39, 0.29) is 18.4 Å². The zero-order valence-corrected chi connectivity index (χ0v) is 13.1. The third kappa shape index (κ3) is 3.18. The molecule has 1 unspecified atom stereocenters. The Labute approximate surface area is 134 Å². The van der Waals surface area contributed by atoms with Gasteiger partial charge in [-0.1, -0.05) is 24.3 Å². The van der Waals surface area contributed by atoms with Crippen LogP contribution in [0.4, 0.5) is 11.4 Å². The maximum Gasteiger partial charge on any atom is 0.267 e. The highest BCUT2D eigenvalue weighted by molar-refractivity contribution is 5.99. The van der Waals surface area contributed by atoms with Crippen molar-refractivity contribution in [1.29, 1.82) is 0 Å². The Hall–Kier alpha value is -2.82. The number of hydrogen-bond donors (Lipinski definition) is 1. The fourth-order valence-corrected chi connectivity index (χ4v) is 2.61. The van der Waals surface area contributed by atoms with Crippen LogP contribution in [-0.4, -0.2) is 24.5 Å². The Morgan fingerprint density at radius 3 is 2.70 bits per heavy atom. The molecule has 0 aliphatic carbocycles. The molecular formula is C18H18N2O3. The lowest BCUT2D eigenvalue weighted by atomic mass is 10.1. The number of fused-ring (bicyclic) bond motifs is 1. The Balaban J connectivity index is 1.81. The maximum absolute atomic E-state index is 12.5. The van der Waals surface area contributed by atoms with Crippen LogP contribution in [-0.2, 0) is 9.59 Å². The zero-order chi connectivity index (χ0) is 16.4. The van der Waals surface area contributed by atoms with Crippen LogP contribution in [0.3, 0.4) is 0 Å². The summed E-state index contributed by atoms with van der Waals surface area (Å²) in [7, 11) is 0. The van der Waals surface area contributed by atoms with Gasteiger partial charge in [0.05, 0.1) is 12.2 Å². The molecule has 0 spiro atoms. The van der Waals surface area contributed by atoms with Crippen LogP contribution in [0.5, 0.6) is 5.75 Å². The molecule has 1 heterocycles. The van der Waals surface area contributed by atoms with Gasteiger partial charge >= 0.3 is 0 Å². The molecule has 5 heteroatoms. The molecule has 2 amide bonds. The van der Waals surface area contributed by atoms with Gasteiger partial charge < -0.3 is 15.0 Å². The van der Waals surface area contributed by atoms with Gasteiger partial charge in [-0.25, -0.2) is 0 Å². The minimum absolute atomic E-state index is 0.117. The van der Waals surface area contributed by atoms with Crippen LogP contribution >= 0.6 is 0 Å². The molecule has 0 saturated heterocycles. The molecule has 1 atom stereocenters. The Kier molecular flexibility index (Phi) is 4.02. The molecule has 0 saturated carbocycles. The quantitative estimate of drug-likeness (QED) is 0.928. The van der Waals surface area contributed by atoms with Crippen LogP contribution in [0.1, 0.15) is 12.5 Å². The highest BCUT2D eigenvalue weighted by Gasteiger charge is 2.32. The lowest BCUT2D eigenvalue weighted by molar-refractivity contribution is -0.123. The van der Waals surface area contributed by atoms with E-state index in [1.807, 2.05) is 49.4 Å². The van der Waals surface area contributed by atoms with Gasteiger partial charge in [-0.3, -0.25) is 9.59 Å². The molecule has 3 rings (SSSR count). The lowest BCUT2D eigenvalue weighted by Crippen LogP contribution is -2.48. The second-order valence-corrected chi connectivity index (χ2v) is 5.56. The molecule has 0 fully saturated rings. The lowest BCUT2D eigenvalue weighted by Gasteiger charge is -2.33. The van der Waals surface area contributed by atoms with E-state index >= 15 is 0 Å². The Morgan fingerprint density at radius 1 is 1.17 bits per heavy atom. The molecular weight excluding hydrogens is 292 g/mol. The van der Waals surface area contributed by atoms with Crippen molar-refractivity contribution in [2.45, 2.75) is 20.0 Å². The number of benzene rings is 2. The third-order valence-electron chi connectivity index (χ3n) is 3.73. The summed E-state index contributed by atoms with van der Waals surface area (Å²) >= 11 is 0. The van der Waals surface area contributed by atoms with Gasteiger partial charge in [-0.15, -0.1) is 0 Å². The summed E-state index contributed by atoms with van der Waals surface area (Å²) < 4.78 is 5.77. The maximum atomic E-state index is 12.5. The number of para-hydroxylation sites is 2. The monoisotopic (exact) mass is 310 g/mol. The predicted octanol–water partition coefficient (Wildman–Crippen LogP) is 2.75. The summed E-state index contributed by atoms with van der Waals surface area (Å²) in [5.41, 5.74) is 2.47. The van der Waals surface area contributed by atoms with Crippen molar-refractivity contribution in [3.8, 4) is 5.75 Å². The van der Waals surface area contributed by atoms with Crippen LogP contribution in [0, 0.1) is 6.92 Å². The van der Waals surface area contributed by atoms with Crippen LogP contribution in [0.2, 0.25) is 0 Å². The molecule has 1 aliphatic heterocycles. The van der Waals surface area contributed by atoms with E-state index in [2.05, 4.69) is 5.32 Å². The molecule has 118 valence electrons. The van der Waals surface area contributed by atoms with Crippen molar-refractivity contribution >= 4 is 23.2 Å². The van der Waals surface area contributed by atoms with Crippen LogP contribution < -0.4 is 15.0 Å². The number of nitrogens with zero attached hydrogens (tertiary/aromatic N) is 1. The van der Waals surface area contributed by atoms with Crippen molar-refractivity contribution < 1.29 is 14.3 Å². The zero-order valence-electron chi connectivity index (χ0n) is 13.1. The second-order valence-electron chi connectivity index (χ2n) is 5.56. The molecule has 23 heavy (non-hydrogen) atoms. The van der Waals surface area contributed by atoms with Crippen molar-refractivity contribution in [2.75, 3.05) is 16.8 Å². The third-order valence-corrected chi connectivity index (χ3v) is 3.73. The standard InChI is InChI=1S/C18H18N2O3/c1-12-6-5-7-14(10-12)19-18(22)17-11-20(13(2)21)15-8-3-4-9-16(15)23-17/h3-10,17H,11H2,1-2H3,(H,19,22). The average molecular weight is 310 g/mol. The van der Waals surface area contributed by atoms with E-state index in [9.17, 15) is 9.59 Å². The second kappa shape index (κ2) is 6.12. The molecule has 0 radical (unpaired) electrons. The first-order valence-corrected chi connectivity index (χ1v) is 7.46. The van der Waals surface area contributed by atoms with Gasteiger partial charge in [0.1, 0.15) is 5.75 Å². The minimum Gasteiger partial charge on any atom is -0.476 e. The first kappa shape index (κ1) is 15.1. The number of rotatable bonds is 2. The van der Waals surface area contributed by atoms with Crippen molar-refractivity contribution in [3.05, 3.63) is 54.1 Å². The number of nitrogens with one attached hydrogen (secondary N) is 1. The molecule has 2 aromatic rings. The summed E-state index contributed by atoms with van der Waals surface area (Å²) in [6.45, 7) is 3.64. The Bertz CT molecular complexity index is 757. The van der Waals surface area contributed by atoms with Gasteiger partial charge in [-0.05, 0) is 36.8 Å². The van der Waals surface area contributed by atoms with E-state index in [1.165, 1.54) is 6.92 Å². The summed E-state index contributed by atoms with van der Waals surface area (Å²) in [5, 5.41) is 2.84. The number of anilines is 2. The first-order valence-electron chi connectivity index (χ1n) is 7.46. The predicted molar refractivity (Wildman–Crippen MR) is 88.7 cm³/mol. The normalized spacial score (nSPS) is 16.3. The van der Waals surface area contributed by atoms with Crippen molar-refractivity contribution in [3.63, 3.8) is 0 Å². The summed E-state index contributed by atoms with van der Waals surface area (Å²) in [5.74, 6) is 0.156. The number of carbonyl (C=O) groups excluding carboxylic acids is 2. The molecule has 2 aromatic carbocycles. The van der Waals surface area contributed by atoms with Gasteiger partial charge in [0.2, 0.25) is 5.91 Å². The highest BCUT2D eigenvalue weighted by atomic mass is 16.5. The SMILES string of the molecule is CC(=O)N1CC(C(=O)Nc2cccc(C)c2)Oc2ccccc21. The van der Waals surface area contributed by atoms with E-state index in [0.29, 0.717) is 17.1 Å². The summed E-state index contributed by atoms with van der Waals surface area (Å²) in [4.78, 5) is 25.9.